The van der Waals surface area contributed by atoms with Crippen LogP contribution in [0.1, 0.15) is 31.0 Å². The lowest BCUT2D eigenvalue weighted by Gasteiger charge is -2.21. The number of imidazole rings is 1. The second-order valence-corrected chi connectivity index (χ2v) is 5.99. The van der Waals surface area contributed by atoms with Crippen LogP contribution in [-0.2, 0) is 6.42 Å². The molecule has 138 valence electrons. The Hall–Kier alpha value is -1.57. The summed E-state index contributed by atoms with van der Waals surface area (Å²) in [5.41, 5.74) is 3.31. The number of pyridine rings is 1. The largest absolute Gasteiger partial charge is 0.357 e. The summed E-state index contributed by atoms with van der Waals surface area (Å²) in [5.74, 6) is 0.960. The van der Waals surface area contributed by atoms with Gasteiger partial charge in [-0.05, 0) is 38.3 Å². The maximum Gasteiger partial charge on any atom is 0.193 e. The van der Waals surface area contributed by atoms with Gasteiger partial charge >= 0.3 is 0 Å². The number of hydrogen-bond donors (Lipinski definition) is 1. The van der Waals surface area contributed by atoms with E-state index in [0.717, 1.165) is 56.2 Å². The Morgan fingerprint density at radius 3 is 2.96 bits per heavy atom. The Balaban J connectivity index is 0.00000312. The standard InChI is InChI=1S/C19H29N5.HI/c1-5-7-8-13-23(4)19(20-6-2)21-12-11-17-15-24-14-9-10-16(3)18(24)22-17;/h5,9-10,14-15H,1,6-8,11-13H2,2-4H3,(H,20,21);1H. The maximum atomic E-state index is 4.74. The zero-order chi connectivity index (χ0) is 17.4. The number of unbranched alkanes of at least 4 members (excludes halogenated alkanes) is 1. The summed E-state index contributed by atoms with van der Waals surface area (Å²) in [4.78, 5) is 11.6. The number of hydrogen-bond acceptors (Lipinski definition) is 2. The van der Waals surface area contributed by atoms with Gasteiger partial charge in [-0.2, -0.15) is 0 Å². The van der Waals surface area contributed by atoms with E-state index in [1.165, 1.54) is 5.56 Å². The van der Waals surface area contributed by atoms with Crippen LogP contribution in [0.5, 0.6) is 0 Å². The van der Waals surface area contributed by atoms with Crippen molar-refractivity contribution in [3.8, 4) is 0 Å². The molecule has 2 rings (SSSR count). The molecule has 0 aromatic carbocycles. The Morgan fingerprint density at radius 1 is 1.48 bits per heavy atom. The van der Waals surface area contributed by atoms with Gasteiger partial charge in [0.25, 0.3) is 0 Å². The molecule has 0 aliphatic rings. The van der Waals surface area contributed by atoms with Gasteiger partial charge < -0.3 is 14.6 Å². The molecule has 0 radical (unpaired) electrons. The molecular formula is C19H30IN5. The molecule has 2 aromatic rings. The summed E-state index contributed by atoms with van der Waals surface area (Å²) in [6.07, 6.45) is 9.07. The molecule has 0 fully saturated rings. The molecule has 0 aliphatic heterocycles. The van der Waals surface area contributed by atoms with Crippen molar-refractivity contribution in [3.05, 3.63) is 48.4 Å². The third kappa shape index (κ3) is 6.34. The molecule has 0 saturated carbocycles. The topological polar surface area (TPSA) is 44.9 Å². The minimum absolute atomic E-state index is 0. The first-order valence-electron chi connectivity index (χ1n) is 8.69. The average Bonchev–Trinajstić information content (AvgIpc) is 2.98. The van der Waals surface area contributed by atoms with Crippen molar-refractivity contribution in [2.24, 2.45) is 4.99 Å². The van der Waals surface area contributed by atoms with Gasteiger partial charge in [-0.1, -0.05) is 12.1 Å². The molecule has 0 saturated heterocycles. The van der Waals surface area contributed by atoms with E-state index in [9.17, 15) is 0 Å². The quantitative estimate of drug-likeness (QED) is 0.217. The molecule has 2 heterocycles. The Bertz CT molecular complexity index is 692. The van der Waals surface area contributed by atoms with Crippen molar-refractivity contribution >= 4 is 35.6 Å². The minimum Gasteiger partial charge on any atom is -0.357 e. The zero-order valence-electron chi connectivity index (χ0n) is 15.5. The summed E-state index contributed by atoms with van der Waals surface area (Å²) in [7, 11) is 2.08. The smallest absolute Gasteiger partial charge is 0.193 e. The van der Waals surface area contributed by atoms with Crippen LogP contribution >= 0.6 is 24.0 Å². The third-order valence-electron chi connectivity index (χ3n) is 3.96. The minimum atomic E-state index is 0. The van der Waals surface area contributed by atoms with Crippen LogP contribution in [0.2, 0.25) is 0 Å². The van der Waals surface area contributed by atoms with Crippen LogP contribution in [0.4, 0.5) is 0 Å². The number of halogens is 1. The average molecular weight is 455 g/mol. The molecule has 6 heteroatoms. The molecule has 25 heavy (non-hydrogen) atoms. The maximum absolute atomic E-state index is 4.74. The second kappa shape index (κ2) is 11.1. The van der Waals surface area contributed by atoms with E-state index in [4.69, 9.17) is 9.98 Å². The number of allylic oxidation sites excluding steroid dienone is 1. The third-order valence-corrected chi connectivity index (χ3v) is 3.96. The van der Waals surface area contributed by atoms with Crippen LogP contribution in [0, 0.1) is 6.92 Å². The highest BCUT2D eigenvalue weighted by Crippen LogP contribution is 2.10. The Kier molecular flexibility index (Phi) is 9.55. The van der Waals surface area contributed by atoms with Gasteiger partial charge in [0.1, 0.15) is 5.65 Å². The molecule has 1 N–H and O–H groups in total. The van der Waals surface area contributed by atoms with Crippen molar-refractivity contribution in [3.63, 3.8) is 0 Å². The lowest BCUT2D eigenvalue weighted by Crippen LogP contribution is -2.39. The first kappa shape index (κ1) is 21.5. The summed E-state index contributed by atoms with van der Waals surface area (Å²) < 4.78 is 2.08. The highest BCUT2D eigenvalue weighted by atomic mass is 127. The van der Waals surface area contributed by atoms with E-state index in [1.807, 2.05) is 18.3 Å². The van der Waals surface area contributed by atoms with Crippen LogP contribution in [0.3, 0.4) is 0 Å². The zero-order valence-corrected chi connectivity index (χ0v) is 17.9. The fraction of sp³-hybridized carbons (Fsp3) is 0.474. The van der Waals surface area contributed by atoms with Gasteiger partial charge in [-0.3, -0.25) is 4.99 Å². The van der Waals surface area contributed by atoms with E-state index in [-0.39, 0.29) is 24.0 Å². The molecule has 0 amide bonds. The normalized spacial score (nSPS) is 11.2. The lowest BCUT2D eigenvalue weighted by atomic mass is 10.3. The Morgan fingerprint density at radius 2 is 2.28 bits per heavy atom. The van der Waals surface area contributed by atoms with Crippen molar-refractivity contribution in [1.82, 2.24) is 19.6 Å². The van der Waals surface area contributed by atoms with Gasteiger partial charge in [-0.15, -0.1) is 30.6 Å². The van der Waals surface area contributed by atoms with Crippen molar-refractivity contribution in [2.75, 3.05) is 26.7 Å². The number of fused-ring (bicyclic) bond motifs is 1. The summed E-state index contributed by atoms with van der Waals surface area (Å²) in [6, 6.07) is 4.14. The van der Waals surface area contributed by atoms with Crippen LogP contribution < -0.4 is 5.32 Å². The molecule has 0 unspecified atom stereocenters. The van der Waals surface area contributed by atoms with Gasteiger partial charge in [0.2, 0.25) is 0 Å². The van der Waals surface area contributed by atoms with E-state index in [0.29, 0.717) is 0 Å². The predicted molar refractivity (Wildman–Crippen MR) is 117 cm³/mol. The SMILES string of the molecule is C=CCCCN(C)C(=NCCc1cn2cccc(C)c2n1)NCC.I. The van der Waals surface area contributed by atoms with Crippen LogP contribution in [-0.4, -0.2) is 46.9 Å². The predicted octanol–water partition coefficient (Wildman–Crippen LogP) is 3.67. The Labute approximate surface area is 168 Å². The molecule has 0 spiro atoms. The lowest BCUT2D eigenvalue weighted by molar-refractivity contribution is 0.470. The van der Waals surface area contributed by atoms with E-state index in [1.54, 1.807) is 0 Å². The summed E-state index contributed by atoms with van der Waals surface area (Å²) in [6.45, 7) is 10.5. The number of aryl methyl sites for hydroxylation is 1. The monoisotopic (exact) mass is 455 g/mol. The van der Waals surface area contributed by atoms with Crippen LogP contribution in [0.15, 0.2) is 42.2 Å². The highest BCUT2D eigenvalue weighted by Gasteiger charge is 2.06. The molecule has 0 aliphatic carbocycles. The van der Waals surface area contributed by atoms with Gasteiger partial charge in [0.05, 0.1) is 5.69 Å². The second-order valence-electron chi connectivity index (χ2n) is 5.99. The number of guanidine groups is 1. The molecule has 0 atom stereocenters. The van der Waals surface area contributed by atoms with E-state index < -0.39 is 0 Å². The number of aliphatic imine (C=N–C) groups is 1. The number of nitrogens with one attached hydrogen (secondary N) is 1. The van der Waals surface area contributed by atoms with Gasteiger partial charge in [0, 0.05) is 45.5 Å². The van der Waals surface area contributed by atoms with E-state index in [2.05, 4.69) is 54.4 Å². The summed E-state index contributed by atoms with van der Waals surface area (Å²) in [5, 5.41) is 3.36. The first-order valence-corrected chi connectivity index (χ1v) is 8.69. The molecule has 0 bridgehead atoms. The van der Waals surface area contributed by atoms with Gasteiger partial charge in [0.15, 0.2) is 5.96 Å². The fourth-order valence-electron chi connectivity index (χ4n) is 2.65. The summed E-state index contributed by atoms with van der Waals surface area (Å²) >= 11 is 0. The van der Waals surface area contributed by atoms with Crippen LogP contribution in [0.25, 0.3) is 5.65 Å². The van der Waals surface area contributed by atoms with Crippen molar-refractivity contribution in [2.45, 2.75) is 33.1 Å². The van der Waals surface area contributed by atoms with Gasteiger partial charge in [-0.25, -0.2) is 4.98 Å². The first-order chi connectivity index (χ1) is 11.7. The molecule has 5 nitrogen and oxygen atoms in total. The number of aromatic nitrogens is 2. The van der Waals surface area contributed by atoms with E-state index >= 15 is 0 Å². The fourth-order valence-corrected chi connectivity index (χ4v) is 2.65. The molecule has 2 aromatic heterocycles. The highest BCUT2D eigenvalue weighted by molar-refractivity contribution is 14.0. The molecular weight excluding hydrogens is 425 g/mol. The van der Waals surface area contributed by atoms with Crippen molar-refractivity contribution < 1.29 is 0 Å². The number of rotatable bonds is 8. The van der Waals surface area contributed by atoms with Crippen molar-refractivity contribution in [1.29, 1.82) is 0 Å². The number of nitrogens with zero attached hydrogens (tertiary/aromatic N) is 4.